The number of aliphatic carboxylic acids is 1. The van der Waals surface area contributed by atoms with Gasteiger partial charge in [0.25, 0.3) is 0 Å². The number of carbonyl (C=O) groups is 1. The van der Waals surface area contributed by atoms with E-state index >= 15 is 0 Å². The first-order valence-corrected chi connectivity index (χ1v) is 5.64. The lowest BCUT2D eigenvalue weighted by Gasteiger charge is -2.21. The molecule has 0 aliphatic heterocycles. The van der Waals surface area contributed by atoms with Crippen molar-refractivity contribution in [3.05, 3.63) is 30.3 Å². The molecule has 1 aliphatic rings. The van der Waals surface area contributed by atoms with Crippen molar-refractivity contribution >= 4 is 11.7 Å². The Kier molecular flexibility index (Phi) is 2.86. The summed E-state index contributed by atoms with van der Waals surface area (Å²) in [6, 6.07) is 10.1. The molecule has 0 amide bonds. The molecule has 0 bridgehead atoms. The molecule has 0 aromatic heterocycles. The molecule has 1 aliphatic carbocycles. The Hall–Kier alpha value is -1.51. The van der Waals surface area contributed by atoms with Crippen molar-refractivity contribution in [1.82, 2.24) is 0 Å². The Morgan fingerprint density at radius 2 is 2.00 bits per heavy atom. The van der Waals surface area contributed by atoms with Crippen molar-refractivity contribution in [3.63, 3.8) is 0 Å². The summed E-state index contributed by atoms with van der Waals surface area (Å²) in [5, 5.41) is 9.07. The second kappa shape index (κ2) is 4.16. The van der Waals surface area contributed by atoms with Crippen molar-refractivity contribution in [1.29, 1.82) is 0 Å². The third kappa shape index (κ3) is 2.18. The van der Waals surface area contributed by atoms with Gasteiger partial charge in [0.1, 0.15) is 0 Å². The summed E-state index contributed by atoms with van der Waals surface area (Å²) in [5.41, 5.74) is 0.729. The Labute approximate surface area is 95.7 Å². The number of benzene rings is 1. The van der Waals surface area contributed by atoms with E-state index in [0.717, 1.165) is 31.5 Å². The Morgan fingerprint density at radius 3 is 2.50 bits per heavy atom. The van der Waals surface area contributed by atoms with Crippen molar-refractivity contribution in [2.75, 3.05) is 18.5 Å². The van der Waals surface area contributed by atoms with E-state index in [1.807, 2.05) is 37.4 Å². The molecule has 0 unspecified atom stereocenters. The molecule has 2 rings (SSSR count). The lowest BCUT2D eigenvalue weighted by Crippen LogP contribution is -2.25. The highest BCUT2D eigenvalue weighted by molar-refractivity contribution is 5.77. The van der Waals surface area contributed by atoms with Gasteiger partial charge >= 0.3 is 5.97 Å². The highest BCUT2D eigenvalue weighted by Crippen LogP contribution is 2.49. The van der Waals surface area contributed by atoms with Gasteiger partial charge in [-0.1, -0.05) is 18.2 Å². The topological polar surface area (TPSA) is 40.5 Å². The Balaban J connectivity index is 1.90. The molecule has 0 atom stereocenters. The minimum atomic E-state index is -0.631. The van der Waals surface area contributed by atoms with Crippen LogP contribution in [0.4, 0.5) is 5.69 Å². The van der Waals surface area contributed by atoms with Crippen molar-refractivity contribution in [2.24, 2.45) is 5.41 Å². The molecule has 0 spiro atoms. The molecule has 0 heterocycles. The average molecular weight is 219 g/mol. The van der Waals surface area contributed by atoms with E-state index in [9.17, 15) is 4.79 Å². The zero-order valence-corrected chi connectivity index (χ0v) is 9.52. The van der Waals surface area contributed by atoms with Gasteiger partial charge in [0.15, 0.2) is 0 Å². The quantitative estimate of drug-likeness (QED) is 0.826. The third-order valence-electron chi connectivity index (χ3n) is 3.43. The van der Waals surface area contributed by atoms with E-state index in [1.54, 1.807) is 0 Å². The van der Waals surface area contributed by atoms with Crippen LogP contribution in [-0.4, -0.2) is 24.7 Å². The number of anilines is 1. The van der Waals surface area contributed by atoms with Crippen LogP contribution in [0.2, 0.25) is 0 Å². The smallest absolute Gasteiger partial charge is 0.309 e. The fraction of sp³-hybridized carbons (Fsp3) is 0.462. The summed E-state index contributed by atoms with van der Waals surface area (Å²) in [5.74, 6) is -0.631. The van der Waals surface area contributed by atoms with Crippen LogP contribution in [0.5, 0.6) is 0 Å². The van der Waals surface area contributed by atoms with Gasteiger partial charge in [-0.05, 0) is 31.4 Å². The van der Waals surface area contributed by atoms with Gasteiger partial charge in [-0.25, -0.2) is 0 Å². The fourth-order valence-corrected chi connectivity index (χ4v) is 1.91. The summed E-state index contributed by atoms with van der Waals surface area (Å²) in [7, 11) is 2.01. The van der Waals surface area contributed by atoms with Crippen molar-refractivity contribution in [2.45, 2.75) is 19.3 Å². The minimum Gasteiger partial charge on any atom is -0.481 e. The third-order valence-corrected chi connectivity index (χ3v) is 3.43. The van der Waals surface area contributed by atoms with Crippen LogP contribution < -0.4 is 4.90 Å². The average Bonchev–Trinajstić information content (AvgIpc) is 3.08. The van der Waals surface area contributed by atoms with Crippen molar-refractivity contribution < 1.29 is 9.90 Å². The maximum absolute atomic E-state index is 11.0. The molecule has 86 valence electrons. The van der Waals surface area contributed by atoms with Crippen LogP contribution >= 0.6 is 0 Å². The Morgan fingerprint density at radius 1 is 1.38 bits per heavy atom. The lowest BCUT2D eigenvalue weighted by atomic mass is 10.0. The predicted molar refractivity (Wildman–Crippen MR) is 63.6 cm³/mol. The summed E-state index contributed by atoms with van der Waals surface area (Å²) in [4.78, 5) is 13.1. The monoisotopic (exact) mass is 219 g/mol. The summed E-state index contributed by atoms with van der Waals surface area (Å²) in [6.45, 7) is 0.802. The van der Waals surface area contributed by atoms with Crippen LogP contribution in [0.25, 0.3) is 0 Å². The van der Waals surface area contributed by atoms with Gasteiger partial charge in [0.2, 0.25) is 0 Å². The van der Waals surface area contributed by atoms with Gasteiger partial charge < -0.3 is 10.0 Å². The van der Waals surface area contributed by atoms with Gasteiger partial charge in [-0.15, -0.1) is 0 Å². The SMILES string of the molecule is CN(CCC1(C(=O)O)CC1)c1ccccc1. The molecule has 1 fully saturated rings. The maximum atomic E-state index is 11.0. The number of para-hydroxylation sites is 1. The zero-order valence-electron chi connectivity index (χ0n) is 9.52. The molecular weight excluding hydrogens is 202 g/mol. The van der Waals surface area contributed by atoms with E-state index in [-0.39, 0.29) is 0 Å². The summed E-state index contributed by atoms with van der Waals surface area (Å²) < 4.78 is 0. The first-order valence-electron chi connectivity index (χ1n) is 5.64. The molecule has 1 aromatic rings. The van der Waals surface area contributed by atoms with Crippen LogP contribution in [0.15, 0.2) is 30.3 Å². The first-order chi connectivity index (χ1) is 7.64. The second-order valence-electron chi connectivity index (χ2n) is 4.59. The highest BCUT2D eigenvalue weighted by Gasteiger charge is 2.49. The first kappa shape index (κ1) is 11.0. The molecule has 1 N–H and O–H groups in total. The summed E-state index contributed by atoms with van der Waals surface area (Å²) in [6.07, 6.45) is 2.42. The second-order valence-corrected chi connectivity index (χ2v) is 4.59. The number of carboxylic acids is 1. The van der Waals surface area contributed by atoms with Gasteiger partial charge in [0.05, 0.1) is 5.41 Å². The number of hydrogen-bond donors (Lipinski definition) is 1. The van der Waals surface area contributed by atoms with E-state index in [0.29, 0.717) is 0 Å². The normalized spacial score (nSPS) is 16.8. The van der Waals surface area contributed by atoms with Crippen LogP contribution in [0.1, 0.15) is 19.3 Å². The van der Waals surface area contributed by atoms with Gasteiger partial charge in [0, 0.05) is 19.3 Å². The van der Waals surface area contributed by atoms with E-state index in [4.69, 9.17) is 5.11 Å². The Bertz CT molecular complexity index is 371. The van der Waals surface area contributed by atoms with Crippen LogP contribution in [0, 0.1) is 5.41 Å². The molecule has 3 nitrogen and oxygen atoms in total. The van der Waals surface area contributed by atoms with Gasteiger partial charge in [-0.3, -0.25) is 4.79 Å². The molecule has 0 radical (unpaired) electrons. The van der Waals surface area contributed by atoms with E-state index in [1.165, 1.54) is 0 Å². The lowest BCUT2D eigenvalue weighted by molar-refractivity contribution is -0.143. The summed E-state index contributed by atoms with van der Waals surface area (Å²) >= 11 is 0. The number of nitrogens with zero attached hydrogens (tertiary/aromatic N) is 1. The molecule has 1 aromatic carbocycles. The number of rotatable bonds is 5. The molecular formula is C13H17NO2. The number of carboxylic acid groups (broad SMARTS) is 1. The minimum absolute atomic E-state index is 0.414. The molecule has 3 heteroatoms. The predicted octanol–water partition coefficient (Wildman–Crippen LogP) is 2.38. The zero-order chi connectivity index (χ0) is 11.6. The molecule has 1 saturated carbocycles. The number of hydrogen-bond acceptors (Lipinski definition) is 2. The van der Waals surface area contributed by atoms with Gasteiger partial charge in [-0.2, -0.15) is 0 Å². The van der Waals surface area contributed by atoms with Crippen LogP contribution in [0.3, 0.4) is 0 Å². The molecule has 0 saturated heterocycles. The van der Waals surface area contributed by atoms with E-state index < -0.39 is 11.4 Å². The highest BCUT2D eigenvalue weighted by atomic mass is 16.4. The maximum Gasteiger partial charge on any atom is 0.309 e. The van der Waals surface area contributed by atoms with Crippen LogP contribution in [-0.2, 0) is 4.79 Å². The van der Waals surface area contributed by atoms with Crippen molar-refractivity contribution in [3.8, 4) is 0 Å². The standard InChI is InChI=1S/C13H17NO2/c1-14(11-5-3-2-4-6-11)10-9-13(7-8-13)12(15)16/h2-6H,7-10H2,1H3,(H,15,16). The molecule has 16 heavy (non-hydrogen) atoms. The fourth-order valence-electron chi connectivity index (χ4n) is 1.91. The van der Waals surface area contributed by atoms with E-state index in [2.05, 4.69) is 4.90 Å². The largest absolute Gasteiger partial charge is 0.481 e.